The van der Waals surface area contributed by atoms with E-state index in [1.165, 1.54) is 6.07 Å². The molecule has 0 aliphatic carbocycles. The summed E-state index contributed by atoms with van der Waals surface area (Å²) in [5.74, 6) is -1.05. The first-order chi connectivity index (χ1) is 15.4. The molecule has 0 bridgehead atoms. The number of benzene rings is 2. The molecule has 6 nitrogen and oxygen atoms in total. The highest BCUT2D eigenvalue weighted by Crippen LogP contribution is 2.33. The molecule has 2 aromatic carbocycles. The van der Waals surface area contributed by atoms with E-state index in [0.29, 0.717) is 24.3 Å². The fourth-order valence-electron chi connectivity index (χ4n) is 3.43. The standard InChI is InChI=1S/C24H26F2N2O4/c1-3-12-24(23(30)27-15-19-20(25)6-4-7-21(19)26)16(2)32-22(28-24)17-8-10-18(11-9-17)31-14-5-13-29/h3-4,6-11,16,29H,1,5,12-15H2,2H3,(H,27,30)/t16-,24-/m1/s1. The molecular formula is C24H26F2N2O4. The van der Waals surface area contributed by atoms with Crippen LogP contribution in [-0.2, 0) is 16.1 Å². The van der Waals surface area contributed by atoms with Crippen LogP contribution in [0.5, 0.6) is 5.75 Å². The van der Waals surface area contributed by atoms with Crippen LogP contribution < -0.4 is 10.1 Å². The molecule has 0 spiro atoms. The highest BCUT2D eigenvalue weighted by Gasteiger charge is 2.49. The Labute approximate surface area is 185 Å². The van der Waals surface area contributed by atoms with Gasteiger partial charge in [-0.1, -0.05) is 12.1 Å². The van der Waals surface area contributed by atoms with Crippen molar-refractivity contribution in [2.45, 2.75) is 38.0 Å². The SMILES string of the molecule is C=CC[C@@]1(C(=O)NCc2c(F)cccc2F)N=C(c2ccc(OCCCO)cc2)O[C@@H]1C. The number of ether oxygens (including phenoxy) is 2. The molecule has 8 heteroatoms. The van der Waals surface area contributed by atoms with Crippen molar-refractivity contribution in [1.29, 1.82) is 0 Å². The molecule has 2 aromatic rings. The molecule has 0 saturated heterocycles. The number of amides is 1. The van der Waals surface area contributed by atoms with E-state index >= 15 is 0 Å². The van der Waals surface area contributed by atoms with Gasteiger partial charge in [-0.25, -0.2) is 13.8 Å². The Morgan fingerprint density at radius 3 is 2.59 bits per heavy atom. The maximum absolute atomic E-state index is 13.9. The second-order valence-electron chi connectivity index (χ2n) is 7.43. The third kappa shape index (κ3) is 4.96. The zero-order valence-corrected chi connectivity index (χ0v) is 17.8. The predicted molar refractivity (Wildman–Crippen MR) is 116 cm³/mol. The van der Waals surface area contributed by atoms with Crippen LogP contribution in [0.4, 0.5) is 8.78 Å². The number of nitrogens with zero attached hydrogens (tertiary/aromatic N) is 1. The lowest BCUT2D eigenvalue weighted by atomic mass is 9.89. The van der Waals surface area contributed by atoms with Crippen molar-refractivity contribution in [3.05, 3.63) is 77.9 Å². The Hall–Kier alpha value is -3.26. The minimum atomic E-state index is -1.31. The third-order valence-electron chi connectivity index (χ3n) is 5.27. The van der Waals surface area contributed by atoms with Gasteiger partial charge in [-0.3, -0.25) is 4.79 Å². The summed E-state index contributed by atoms with van der Waals surface area (Å²) in [7, 11) is 0. The molecule has 1 amide bonds. The second kappa shape index (κ2) is 10.4. The smallest absolute Gasteiger partial charge is 0.252 e. The molecule has 2 N–H and O–H groups in total. The molecule has 2 atom stereocenters. The minimum absolute atomic E-state index is 0.0532. The van der Waals surface area contributed by atoms with E-state index in [4.69, 9.17) is 14.6 Å². The molecule has 0 radical (unpaired) electrons. The number of halogens is 2. The minimum Gasteiger partial charge on any atom is -0.494 e. The van der Waals surface area contributed by atoms with Gasteiger partial charge in [-0.15, -0.1) is 6.58 Å². The summed E-state index contributed by atoms with van der Waals surface area (Å²) >= 11 is 0. The van der Waals surface area contributed by atoms with Crippen LogP contribution in [0, 0.1) is 11.6 Å². The summed E-state index contributed by atoms with van der Waals surface area (Å²) < 4.78 is 39.3. The monoisotopic (exact) mass is 444 g/mol. The highest BCUT2D eigenvalue weighted by molar-refractivity contribution is 6.00. The zero-order valence-electron chi connectivity index (χ0n) is 17.8. The molecule has 1 aliphatic heterocycles. The molecule has 170 valence electrons. The van der Waals surface area contributed by atoms with Crippen molar-refractivity contribution in [2.24, 2.45) is 4.99 Å². The molecule has 1 aliphatic rings. The second-order valence-corrected chi connectivity index (χ2v) is 7.43. The number of carbonyl (C=O) groups excluding carboxylic acids is 1. The Bertz CT molecular complexity index is 974. The molecule has 1 heterocycles. The average molecular weight is 444 g/mol. The summed E-state index contributed by atoms with van der Waals surface area (Å²) in [6.45, 7) is 5.58. The Morgan fingerprint density at radius 1 is 1.28 bits per heavy atom. The largest absolute Gasteiger partial charge is 0.494 e. The number of hydrogen-bond donors (Lipinski definition) is 2. The molecule has 0 unspecified atom stereocenters. The van der Waals surface area contributed by atoms with Crippen molar-refractivity contribution < 1.29 is 28.2 Å². The number of nitrogens with one attached hydrogen (secondary N) is 1. The lowest BCUT2D eigenvalue weighted by Gasteiger charge is -2.27. The maximum atomic E-state index is 13.9. The maximum Gasteiger partial charge on any atom is 0.252 e. The lowest BCUT2D eigenvalue weighted by Crippen LogP contribution is -2.50. The first-order valence-corrected chi connectivity index (χ1v) is 10.3. The van der Waals surface area contributed by atoms with Crippen LogP contribution in [0.3, 0.4) is 0 Å². The summed E-state index contributed by atoms with van der Waals surface area (Å²) in [5, 5.41) is 11.4. The van der Waals surface area contributed by atoms with Gasteiger partial charge in [0, 0.05) is 37.1 Å². The van der Waals surface area contributed by atoms with E-state index in [2.05, 4.69) is 16.9 Å². The van der Waals surface area contributed by atoms with Gasteiger partial charge in [0.1, 0.15) is 23.5 Å². The highest BCUT2D eigenvalue weighted by atomic mass is 19.1. The normalized spacial score (nSPS) is 19.8. The van der Waals surface area contributed by atoms with Crippen molar-refractivity contribution in [3.63, 3.8) is 0 Å². The van der Waals surface area contributed by atoms with Crippen LogP contribution in [0.2, 0.25) is 0 Å². The van der Waals surface area contributed by atoms with Crippen molar-refractivity contribution >= 4 is 11.8 Å². The summed E-state index contributed by atoms with van der Waals surface area (Å²) in [4.78, 5) is 17.7. The topological polar surface area (TPSA) is 80.2 Å². The van der Waals surface area contributed by atoms with E-state index in [-0.39, 0.29) is 31.0 Å². The number of aliphatic imine (C=N–C) groups is 1. The van der Waals surface area contributed by atoms with Crippen molar-refractivity contribution in [3.8, 4) is 5.75 Å². The van der Waals surface area contributed by atoms with Crippen molar-refractivity contribution in [2.75, 3.05) is 13.2 Å². The lowest BCUT2D eigenvalue weighted by molar-refractivity contribution is -0.128. The Kier molecular flexibility index (Phi) is 7.58. The molecule has 0 saturated carbocycles. The number of aliphatic hydroxyl groups excluding tert-OH is 1. The van der Waals surface area contributed by atoms with E-state index in [1.54, 1.807) is 37.3 Å². The fraction of sp³-hybridized carbons (Fsp3) is 0.333. The number of carbonyl (C=O) groups is 1. The fourth-order valence-corrected chi connectivity index (χ4v) is 3.43. The van der Waals surface area contributed by atoms with Gasteiger partial charge in [-0.2, -0.15) is 0 Å². The zero-order chi connectivity index (χ0) is 23.1. The van der Waals surface area contributed by atoms with E-state index in [9.17, 15) is 13.6 Å². The number of aliphatic hydroxyl groups is 1. The average Bonchev–Trinajstić information content (AvgIpc) is 3.11. The van der Waals surface area contributed by atoms with Crippen LogP contribution in [-0.4, -0.2) is 41.8 Å². The van der Waals surface area contributed by atoms with Crippen LogP contribution in [0.25, 0.3) is 0 Å². The first kappa shape index (κ1) is 23.4. The van der Waals surface area contributed by atoms with Crippen LogP contribution in [0.15, 0.2) is 60.1 Å². The van der Waals surface area contributed by atoms with Crippen LogP contribution in [0.1, 0.15) is 30.9 Å². The van der Waals surface area contributed by atoms with Gasteiger partial charge >= 0.3 is 0 Å². The van der Waals surface area contributed by atoms with Crippen LogP contribution >= 0.6 is 0 Å². The van der Waals surface area contributed by atoms with Gasteiger partial charge in [0.15, 0.2) is 5.54 Å². The van der Waals surface area contributed by atoms with Gasteiger partial charge < -0.3 is 19.9 Å². The number of rotatable bonds is 10. The van der Waals surface area contributed by atoms with Gasteiger partial charge in [-0.05, 0) is 43.3 Å². The summed E-state index contributed by atoms with van der Waals surface area (Å²) in [6, 6.07) is 10.6. The Balaban J connectivity index is 1.79. The molecule has 3 rings (SSSR count). The van der Waals surface area contributed by atoms with E-state index in [0.717, 1.165) is 12.1 Å². The van der Waals surface area contributed by atoms with Gasteiger partial charge in [0.25, 0.3) is 5.91 Å². The quantitative estimate of drug-likeness (QED) is 0.434. The number of hydrogen-bond acceptors (Lipinski definition) is 5. The summed E-state index contributed by atoms with van der Waals surface area (Å²) in [5.41, 5.74) is -0.873. The molecule has 0 aromatic heterocycles. The summed E-state index contributed by atoms with van der Waals surface area (Å²) in [6.07, 6.45) is 1.66. The molecule has 0 fully saturated rings. The van der Waals surface area contributed by atoms with Gasteiger partial charge in [0.05, 0.1) is 6.61 Å². The van der Waals surface area contributed by atoms with E-state index < -0.39 is 29.2 Å². The van der Waals surface area contributed by atoms with Gasteiger partial charge in [0.2, 0.25) is 5.90 Å². The first-order valence-electron chi connectivity index (χ1n) is 10.3. The Morgan fingerprint density at radius 2 is 1.97 bits per heavy atom. The van der Waals surface area contributed by atoms with E-state index in [1.807, 2.05) is 0 Å². The molecule has 32 heavy (non-hydrogen) atoms. The third-order valence-corrected chi connectivity index (χ3v) is 5.27. The van der Waals surface area contributed by atoms with Crippen molar-refractivity contribution in [1.82, 2.24) is 5.32 Å². The predicted octanol–water partition coefficient (Wildman–Crippen LogP) is 3.52. The molecular weight excluding hydrogens is 418 g/mol.